The summed E-state index contributed by atoms with van der Waals surface area (Å²) < 4.78 is 11.3. The fraction of sp³-hybridized carbons (Fsp3) is 0.571. The van der Waals surface area contributed by atoms with E-state index in [9.17, 15) is 0 Å². The lowest BCUT2D eigenvalue weighted by Gasteiger charge is -2.36. The third-order valence-corrected chi connectivity index (χ3v) is 2.97. The minimum Gasteiger partial charge on any atom is -0.494 e. The van der Waals surface area contributed by atoms with Crippen LogP contribution in [0, 0.1) is 0 Å². The summed E-state index contributed by atoms with van der Waals surface area (Å²) in [6, 6.07) is 8.16. The van der Waals surface area contributed by atoms with Crippen LogP contribution in [0.25, 0.3) is 0 Å². The van der Waals surface area contributed by atoms with Gasteiger partial charge in [-0.25, -0.2) is 0 Å². The molecule has 1 N–H and O–H groups in total. The van der Waals surface area contributed by atoms with E-state index in [0.717, 1.165) is 18.9 Å². The molecule has 94 valence electrons. The van der Waals surface area contributed by atoms with Gasteiger partial charge < -0.3 is 14.8 Å². The molecule has 3 nitrogen and oxygen atoms in total. The minimum absolute atomic E-state index is 0.0851. The van der Waals surface area contributed by atoms with Crippen LogP contribution >= 0.6 is 0 Å². The number of rotatable bonds is 3. The molecule has 1 aliphatic rings. The molecule has 0 bridgehead atoms. The van der Waals surface area contributed by atoms with Crippen LogP contribution in [0.15, 0.2) is 24.3 Å². The van der Waals surface area contributed by atoms with Gasteiger partial charge in [0.05, 0.1) is 19.3 Å². The van der Waals surface area contributed by atoms with Crippen LogP contribution in [0.3, 0.4) is 0 Å². The van der Waals surface area contributed by atoms with Crippen molar-refractivity contribution in [2.75, 3.05) is 19.8 Å². The van der Waals surface area contributed by atoms with E-state index in [1.165, 1.54) is 5.56 Å². The van der Waals surface area contributed by atoms with Gasteiger partial charge in [-0.1, -0.05) is 12.1 Å². The van der Waals surface area contributed by atoms with E-state index in [4.69, 9.17) is 9.47 Å². The summed E-state index contributed by atoms with van der Waals surface area (Å²) in [6.45, 7) is 8.61. The molecule has 1 aromatic rings. The van der Waals surface area contributed by atoms with Gasteiger partial charge in [0.1, 0.15) is 5.75 Å². The second-order valence-corrected chi connectivity index (χ2v) is 5.07. The van der Waals surface area contributed by atoms with Crippen LogP contribution in [-0.4, -0.2) is 25.3 Å². The van der Waals surface area contributed by atoms with Crippen molar-refractivity contribution in [3.05, 3.63) is 29.8 Å². The highest BCUT2D eigenvalue weighted by Gasteiger charge is 2.27. The molecule has 1 heterocycles. The Morgan fingerprint density at radius 2 is 2.06 bits per heavy atom. The van der Waals surface area contributed by atoms with E-state index < -0.39 is 0 Å². The summed E-state index contributed by atoms with van der Waals surface area (Å²) in [5.41, 5.74) is 1.29. The lowest BCUT2D eigenvalue weighted by atomic mass is 10.0. The van der Waals surface area contributed by atoms with Crippen LogP contribution in [0.1, 0.15) is 32.4 Å². The molecule has 1 atom stereocenters. The Labute approximate surface area is 103 Å². The van der Waals surface area contributed by atoms with Crippen LogP contribution in [0.4, 0.5) is 0 Å². The van der Waals surface area contributed by atoms with E-state index >= 15 is 0 Å². The van der Waals surface area contributed by atoms with Crippen LogP contribution < -0.4 is 10.1 Å². The van der Waals surface area contributed by atoms with E-state index in [-0.39, 0.29) is 11.6 Å². The summed E-state index contributed by atoms with van der Waals surface area (Å²) in [5, 5.41) is 3.49. The van der Waals surface area contributed by atoms with E-state index in [0.29, 0.717) is 6.61 Å². The molecule has 1 aromatic carbocycles. The Kier molecular flexibility index (Phi) is 3.69. The first kappa shape index (κ1) is 12.4. The van der Waals surface area contributed by atoms with Crippen molar-refractivity contribution in [1.29, 1.82) is 0 Å². The van der Waals surface area contributed by atoms with Gasteiger partial charge in [0.25, 0.3) is 0 Å². The Hall–Kier alpha value is -1.06. The summed E-state index contributed by atoms with van der Waals surface area (Å²) in [4.78, 5) is 0. The first-order valence-corrected chi connectivity index (χ1v) is 6.20. The van der Waals surface area contributed by atoms with Crippen molar-refractivity contribution in [3.8, 4) is 5.75 Å². The van der Waals surface area contributed by atoms with Crippen molar-refractivity contribution in [2.24, 2.45) is 0 Å². The Morgan fingerprint density at radius 1 is 1.35 bits per heavy atom. The first-order chi connectivity index (χ1) is 8.11. The standard InChI is InChI=1S/C14H21NO2/c1-4-16-12-7-5-11(6-8-12)13-9-15-14(2,3)10-17-13/h5-8,13,15H,4,9-10H2,1-3H3. The zero-order valence-corrected chi connectivity index (χ0v) is 10.8. The monoisotopic (exact) mass is 235 g/mol. The van der Waals surface area contributed by atoms with Crippen molar-refractivity contribution < 1.29 is 9.47 Å². The van der Waals surface area contributed by atoms with Gasteiger partial charge in [-0.15, -0.1) is 0 Å². The molecule has 3 heteroatoms. The largest absolute Gasteiger partial charge is 0.494 e. The maximum atomic E-state index is 5.88. The number of hydrogen-bond donors (Lipinski definition) is 1. The highest BCUT2D eigenvalue weighted by molar-refractivity contribution is 5.29. The Morgan fingerprint density at radius 3 is 2.59 bits per heavy atom. The molecule has 1 saturated heterocycles. The SMILES string of the molecule is CCOc1ccc(C2CNC(C)(C)CO2)cc1. The molecule has 0 aromatic heterocycles. The van der Waals surface area contributed by atoms with Gasteiger partial charge in [0.2, 0.25) is 0 Å². The summed E-state index contributed by atoms with van der Waals surface area (Å²) in [7, 11) is 0. The highest BCUT2D eigenvalue weighted by atomic mass is 16.5. The molecule has 1 aliphatic heterocycles. The normalized spacial score (nSPS) is 23.4. The predicted octanol–water partition coefficient (Wildman–Crippen LogP) is 2.52. The predicted molar refractivity (Wildman–Crippen MR) is 68.4 cm³/mol. The van der Waals surface area contributed by atoms with Crippen LogP contribution in [0.5, 0.6) is 5.75 Å². The molecule has 0 saturated carbocycles. The van der Waals surface area contributed by atoms with Gasteiger partial charge in [0.15, 0.2) is 0 Å². The number of benzene rings is 1. The third kappa shape index (κ3) is 3.20. The second-order valence-electron chi connectivity index (χ2n) is 5.07. The Bertz CT molecular complexity index is 349. The molecule has 0 amide bonds. The third-order valence-electron chi connectivity index (χ3n) is 2.97. The number of morpholine rings is 1. The van der Waals surface area contributed by atoms with Gasteiger partial charge >= 0.3 is 0 Å². The fourth-order valence-electron chi connectivity index (χ4n) is 1.95. The zero-order valence-electron chi connectivity index (χ0n) is 10.8. The molecule has 0 aliphatic carbocycles. The molecule has 17 heavy (non-hydrogen) atoms. The van der Waals surface area contributed by atoms with Crippen molar-refractivity contribution >= 4 is 0 Å². The lowest BCUT2D eigenvalue weighted by Crippen LogP contribution is -2.50. The zero-order chi connectivity index (χ0) is 12.3. The second kappa shape index (κ2) is 5.07. The topological polar surface area (TPSA) is 30.5 Å². The summed E-state index contributed by atoms with van der Waals surface area (Å²) >= 11 is 0. The fourth-order valence-corrected chi connectivity index (χ4v) is 1.95. The van der Waals surface area contributed by atoms with E-state index in [2.05, 4.69) is 31.3 Å². The molecule has 1 unspecified atom stereocenters. The van der Waals surface area contributed by atoms with Crippen molar-refractivity contribution in [2.45, 2.75) is 32.4 Å². The minimum atomic E-state index is 0.0851. The first-order valence-electron chi connectivity index (χ1n) is 6.20. The highest BCUT2D eigenvalue weighted by Crippen LogP contribution is 2.25. The van der Waals surface area contributed by atoms with Gasteiger partial charge in [-0.3, -0.25) is 0 Å². The number of ether oxygens (including phenoxy) is 2. The van der Waals surface area contributed by atoms with Gasteiger partial charge in [0, 0.05) is 12.1 Å². The van der Waals surface area contributed by atoms with Gasteiger partial charge in [-0.2, -0.15) is 0 Å². The van der Waals surface area contributed by atoms with Crippen LogP contribution in [0.2, 0.25) is 0 Å². The maximum Gasteiger partial charge on any atom is 0.119 e. The quantitative estimate of drug-likeness (QED) is 0.873. The average Bonchev–Trinajstić information content (AvgIpc) is 2.31. The Balaban J connectivity index is 1.99. The van der Waals surface area contributed by atoms with Crippen molar-refractivity contribution in [3.63, 3.8) is 0 Å². The molecule has 0 radical (unpaired) electrons. The van der Waals surface area contributed by atoms with Crippen LogP contribution in [-0.2, 0) is 4.74 Å². The molecule has 0 spiro atoms. The lowest BCUT2D eigenvalue weighted by molar-refractivity contribution is -0.0229. The summed E-state index contributed by atoms with van der Waals surface area (Å²) in [5.74, 6) is 0.917. The number of nitrogens with one attached hydrogen (secondary N) is 1. The molecular formula is C14H21NO2. The van der Waals surface area contributed by atoms with Crippen molar-refractivity contribution in [1.82, 2.24) is 5.32 Å². The number of hydrogen-bond acceptors (Lipinski definition) is 3. The molecular weight excluding hydrogens is 214 g/mol. The summed E-state index contributed by atoms with van der Waals surface area (Å²) in [6.07, 6.45) is 0.152. The van der Waals surface area contributed by atoms with E-state index in [1.54, 1.807) is 0 Å². The smallest absolute Gasteiger partial charge is 0.119 e. The maximum absolute atomic E-state index is 5.88. The average molecular weight is 235 g/mol. The molecule has 2 rings (SSSR count). The molecule has 1 fully saturated rings. The van der Waals surface area contributed by atoms with Gasteiger partial charge in [-0.05, 0) is 38.5 Å². The van der Waals surface area contributed by atoms with E-state index in [1.807, 2.05) is 19.1 Å².